The van der Waals surface area contributed by atoms with E-state index in [1.54, 1.807) is 6.92 Å². The Balaban J connectivity index is 0.00000256. The van der Waals surface area contributed by atoms with Gasteiger partial charge in [0, 0.05) is 11.6 Å². The first kappa shape index (κ1) is 16.1. The van der Waals surface area contributed by atoms with Crippen LogP contribution in [0, 0.1) is 0 Å². The number of amides is 1. The highest BCUT2D eigenvalue weighted by atomic mass is 35.5. The lowest BCUT2D eigenvalue weighted by atomic mass is 10.0. The summed E-state index contributed by atoms with van der Waals surface area (Å²) in [6.07, 6.45) is 2.27. The quantitative estimate of drug-likeness (QED) is 0.682. The Bertz CT molecular complexity index is 329. The molecule has 0 aromatic rings. The number of hydrogen-bond donors (Lipinski definition) is 2. The molecule has 6 heteroatoms. The van der Waals surface area contributed by atoms with Crippen LogP contribution in [-0.4, -0.2) is 49.3 Å². The first-order valence-corrected chi connectivity index (χ1v) is 5.35. The second kappa shape index (κ2) is 6.74. The van der Waals surface area contributed by atoms with Crippen molar-refractivity contribution in [3.05, 3.63) is 11.6 Å². The molecule has 1 aliphatic heterocycles. The van der Waals surface area contributed by atoms with Crippen molar-refractivity contribution < 1.29 is 9.59 Å². The van der Waals surface area contributed by atoms with Gasteiger partial charge in [-0.1, -0.05) is 0 Å². The summed E-state index contributed by atoms with van der Waals surface area (Å²) in [5.74, 6) is -0.625. The van der Waals surface area contributed by atoms with E-state index in [9.17, 15) is 9.59 Å². The Hall–Kier alpha value is -0.910. The maximum Gasteiger partial charge on any atom is 0.244 e. The fourth-order valence-electron chi connectivity index (χ4n) is 1.91. The molecule has 1 amide bonds. The van der Waals surface area contributed by atoms with Crippen LogP contribution in [-0.2, 0) is 9.59 Å². The maximum absolute atomic E-state index is 11.9. The van der Waals surface area contributed by atoms with Crippen molar-refractivity contribution in [2.75, 3.05) is 20.6 Å². The van der Waals surface area contributed by atoms with E-state index < -0.39 is 5.91 Å². The maximum atomic E-state index is 11.9. The van der Waals surface area contributed by atoms with Crippen molar-refractivity contribution in [2.45, 2.75) is 25.4 Å². The topological polar surface area (TPSA) is 75.4 Å². The monoisotopic (exact) mass is 261 g/mol. The zero-order valence-corrected chi connectivity index (χ0v) is 11.2. The van der Waals surface area contributed by atoms with Gasteiger partial charge in [0.2, 0.25) is 5.91 Å². The molecule has 1 unspecified atom stereocenters. The van der Waals surface area contributed by atoms with Crippen molar-refractivity contribution in [3.63, 3.8) is 0 Å². The zero-order valence-electron chi connectivity index (χ0n) is 10.4. The van der Waals surface area contributed by atoms with E-state index in [2.05, 4.69) is 5.32 Å². The Kier molecular flexibility index (Phi) is 6.37. The number of hydrogen-bond acceptors (Lipinski definition) is 4. The van der Waals surface area contributed by atoms with Gasteiger partial charge >= 0.3 is 0 Å². The van der Waals surface area contributed by atoms with Gasteiger partial charge < -0.3 is 16.0 Å². The highest BCUT2D eigenvalue weighted by Gasteiger charge is 2.32. The summed E-state index contributed by atoms with van der Waals surface area (Å²) in [5.41, 5.74) is 5.39. The van der Waals surface area contributed by atoms with Crippen molar-refractivity contribution >= 4 is 24.1 Å². The first-order valence-electron chi connectivity index (χ1n) is 5.35. The summed E-state index contributed by atoms with van der Waals surface area (Å²) in [6.45, 7) is 2.38. The van der Waals surface area contributed by atoms with Crippen LogP contribution < -0.4 is 11.1 Å². The third kappa shape index (κ3) is 4.11. The first-order chi connectivity index (χ1) is 7.43. The fraction of sp³-hybridized carbons (Fsp3) is 0.636. The van der Waals surface area contributed by atoms with E-state index in [0.717, 1.165) is 13.0 Å². The molecule has 0 spiro atoms. The molecular weight excluding hydrogens is 242 g/mol. The molecule has 1 saturated heterocycles. The van der Waals surface area contributed by atoms with E-state index in [-0.39, 0.29) is 30.3 Å². The van der Waals surface area contributed by atoms with Crippen LogP contribution in [0.5, 0.6) is 0 Å². The van der Waals surface area contributed by atoms with Gasteiger partial charge in [-0.3, -0.25) is 9.59 Å². The molecule has 0 aromatic heterocycles. The summed E-state index contributed by atoms with van der Waals surface area (Å²) in [7, 11) is 3.89. The molecule has 0 bridgehead atoms. The molecule has 1 heterocycles. The number of carbonyl (C=O) groups excluding carboxylic acids is 2. The third-order valence-electron chi connectivity index (χ3n) is 2.91. The van der Waals surface area contributed by atoms with Gasteiger partial charge in [-0.15, -0.1) is 12.4 Å². The number of primary amides is 1. The Morgan fingerprint density at radius 1 is 1.41 bits per heavy atom. The number of nitrogens with one attached hydrogen (secondary N) is 1. The van der Waals surface area contributed by atoms with Gasteiger partial charge in [0.15, 0.2) is 5.78 Å². The number of likely N-dealkylation sites (N-methyl/N-ethyl adjacent to an activating group) is 1. The number of nitrogens with zero attached hydrogens (tertiary/aromatic N) is 1. The van der Waals surface area contributed by atoms with Crippen LogP contribution in [0.3, 0.4) is 0 Å². The molecule has 1 aliphatic rings. The minimum absolute atomic E-state index is 0. The standard InChI is InChI=1S/C11H19N3O2.ClH/c1-7(11(12)16)6-9(15)10-8(14(2)3)4-5-13-10;/h6,8,10,13H,4-5H2,1-3H3,(H2,12,16);1H/t8?,10-;/m0./s1. The number of carbonyl (C=O) groups is 2. The van der Waals surface area contributed by atoms with E-state index in [1.807, 2.05) is 19.0 Å². The molecule has 98 valence electrons. The van der Waals surface area contributed by atoms with Crippen molar-refractivity contribution in [3.8, 4) is 0 Å². The molecule has 17 heavy (non-hydrogen) atoms. The second-order valence-electron chi connectivity index (χ2n) is 4.35. The molecular formula is C11H20ClN3O2. The summed E-state index contributed by atoms with van der Waals surface area (Å²) in [6, 6.07) is -0.0475. The van der Waals surface area contributed by atoms with Gasteiger partial charge in [0.25, 0.3) is 0 Å². The summed E-state index contributed by atoms with van der Waals surface area (Å²) in [5, 5.41) is 3.14. The molecule has 0 aromatic carbocycles. The third-order valence-corrected chi connectivity index (χ3v) is 2.91. The van der Waals surface area contributed by atoms with Crippen LogP contribution in [0.2, 0.25) is 0 Å². The van der Waals surface area contributed by atoms with E-state index in [4.69, 9.17) is 5.73 Å². The van der Waals surface area contributed by atoms with Crippen LogP contribution >= 0.6 is 12.4 Å². The number of rotatable bonds is 4. The highest BCUT2D eigenvalue weighted by Crippen LogP contribution is 2.14. The van der Waals surface area contributed by atoms with Crippen LogP contribution in [0.4, 0.5) is 0 Å². The average molecular weight is 262 g/mol. The van der Waals surface area contributed by atoms with Crippen LogP contribution in [0.25, 0.3) is 0 Å². The smallest absolute Gasteiger partial charge is 0.244 e. The van der Waals surface area contributed by atoms with Gasteiger partial charge in [-0.2, -0.15) is 0 Å². The van der Waals surface area contributed by atoms with Crippen molar-refractivity contribution in [2.24, 2.45) is 5.73 Å². The number of halogens is 1. The molecule has 1 fully saturated rings. The summed E-state index contributed by atoms with van der Waals surface area (Å²) < 4.78 is 0. The summed E-state index contributed by atoms with van der Waals surface area (Å²) in [4.78, 5) is 24.8. The van der Waals surface area contributed by atoms with Gasteiger partial charge in [0.1, 0.15) is 0 Å². The van der Waals surface area contributed by atoms with E-state index >= 15 is 0 Å². The summed E-state index contributed by atoms with van der Waals surface area (Å²) >= 11 is 0. The predicted octanol–water partition coefficient (Wildman–Crippen LogP) is -0.299. The van der Waals surface area contributed by atoms with E-state index in [1.165, 1.54) is 6.08 Å². The molecule has 0 aliphatic carbocycles. The van der Waals surface area contributed by atoms with Crippen LogP contribution in [0.1, 0.15) is 13.3 Å². The average Bonchev–Trinajstić information content (AvgIpc) is 2.65. The predicted molar refractivity (Wildman–Crippen MR) is 69.1 cm³/mol. The van der Waals surface area contributed by atoms with Gasteiger partial charge in [-0.25, -0.2) is 0 Å². The molecule has 5 nitrogen and oxygen atoms in total. The normalized spacial score (nSPS) is 24.6. The Morgan fingerprint density at radius 3 is 2.47 bits per heavy atom. The molecule has 3 N–H and O–H groups in total. The minimum Gasteiger partial charge on any atom is -0.366 e. The van der Waals surface area contributed by atoms with E-state index in [0.29, 0.717) is 5.57 Å². The molecule has 0 radical (unpaired) electrons. The number of ketones is 1. The lowest BCUT2D eigenvalue weighted by Gasteiger charge is -2.23. The highest BCUT2D eigenvalue weighted by molar-refractivity contribution is 6.03. The lowest BCUT2D eigenvalue weighted by molar-refractivity contribution is -0.118. The van der Waals surface area contributed by atoms with Crippen LogP contribution in [0.15, 0.2) is 11.6 Å². The zero-order chi connectivity index (χ0) is 12.3. The van der Waals surface area contributed by atoms with Gasteiger partial charge in [-0.05, 0) is 40.1 Å². The number of nitrogens with two attached hydrogens (primary N) is 1. The Morgan fingerprint density at radius 2 is 2.00 bits per heavy atom. The molecule has 1 rings (SSSR count). The molecule has 2 atom stereocenters. The second-order valence-corrected chi connectivity index (χ2v) is 4.35. The largest absolute Gasteiger partial charge is 0.366 e. The fourth-order valence-corrected chi connectivity index (χ4v) is 1.91. The lowest BCUT2D eigenvalue weighted by Crippen LogP contribution is -2.44. The Labute approximate surface area is 108 Å². The van der Waals surface area contributed by atoms with Crippen molar-refractivity contribution in [1.29, 1.82) is 0 Å². The van der Waals surface area contributed by atoms with Crippen molar-refractivity contribution in [1.82, 2.24) is 10.2 Å². The molecule has 0 saturated carbocycles. The van der Waals surface area contributed by atoms with Gasteiger partial charge in [0.05, 0.1) is 6.04 Å². The minimum atomic E-state index is -0.548. The SMILES string of the molecule is CC(=CC(=O)[C@H]1NCCC1N(C)C)C(N)=O.Cl.